The van der Waals surface area contributed by atoms with Crippen LogP contribution in [0.15, 0.2) is 24.3 Å². The van der Waals surface area contributed by atoms with E-state index in [1.807, 2.05) is 4.90 Å². The Kier molecular flexibility index (Phi) is 4.84. The maximum atomic E-state index is 13.5. The number of Topliss-reactive ketones (excluding diaryl/α,β-unsaturated/α-hetero) is 1. The topological polar surface area (TPSA) is 46.6 Å². The Hall–Kier alpha value is -1.75. The van der Waals surface area contributed by atoms with Gasteiger partial charge in [-0.2, -0.15) is 0 Å². The molecule has 1 atom stereocenters. The number of halogens is 1. The molecule has 5 heteroatoms. The molecule has 0 spiro atoms. The maximum Gasteiger partial charge on any atom is 0.317 e. The van der Waals surface area contributed by atoms with E-state index < -0.39 is 11.9 Å². The van der Waals surface area contributed by atoms with Crippen molar-refractivity contribution in [1.29, 1.82) is 0 Å². The molecule has 4 nitrogen and oxygen atoms in total. The molecule has 1 aliphatic heterocycles. The Morgan fingerprint density at radius 1 is 1.45 bits per heavy atom. The van der Waals surface area contributed by atoms with E-state index in [9.17, 15) is 14.0 Å². The van der Waals surface area contributed by atoms with Gasteiger partial charge in [0.25, 0.3) is 0 Å². The van der Waals surface area contributed by atoms with Crippen LogP contribution < -0.4 is 0 Å². The molecule has 0 amide bonds. The van der Waals surface area contributed by atoms with E-state index in [1.54, 1.807) is 18.2 Å². The quantitative estimate of drug-likeness (QED) is 0.618. The Labute approximate surface area is 117 Å². The highest BCUT2D eigenvalue weighted by Gasteiger charge is 2.33. The van der Waals surface area contributed by atoms with Crippen molar-refractivity contribution in [2.24, 2.45) is 5.92 Å². The van der Waals surface area contributed by atoms with Crippen molar-refractivity contribution in [3.63, 3.8) is 0 Å². The Morgan fingerprint density at radius 2 is 2.20 bits per heavy atom. The van der Waals surface area contributed by atoms with E-state index >= 15 is 0 Å². The fourth-order valence-electron chi connectivity index (χ4n) is 2.42. The number of methoxy groups -OCH3 is 1. The van der Waals surface area contributed by atoms with Crippen molar-refractivity contribution in [3.05, 3.63) is 35.6 Å². The number of piperidine rings is 1. The number of ketones is 1. The van der Waals surface area contributed by atoms with Crippen LogP contribution in [0, 0.1) is 11.7 Å². The minimum Gasteiger partial charge on any atom is -0.468 e. The van der Waals surface area contributed by atoms with E-state index in [0.29, 0.717) is 38.0 Å². The molecule has 0 aromatic heterocycles. The maximum absolute atomic E-state index is 13.5. The molecule has 1 unspecified atom stereocenters. The van der Waals surface area contributed by atoms with Crippen LogP contribution in [0.4, 0.5) is 4.39 Å². The zero-order valence-electron chi connectivity index (χ0n) is 11.5. The van der Waals surface area contributed by atoms with Gasteiger partial charge in [-0.05, 0) is 18.1 Å². The third-order valence-corrected chi connectivity index (χ3v) is 3.64. The lowest BCUT2D eigenvalue weighted by molar-refractivity contribution is -0.151. The van der Waals surface area contributed by atoms with Gasteiger partial charge in [-0.15, -0.1) is 0 Å². The standard InChI is InChI=1S/C15H18FNO3/c1-20-15(19)12-10-17(9-7-14(12)18)8-6-11-4-2-3-5-13(11)16/h2-5,12H,6-10H2,1H3. The summed E-state index contributed by atoms with van der Waals surface area (Å²) < 4.78 is 18.2. The molecule has 20 heavy (non-hydrogen) atoms. The van der Waals surface area contributed by atoms with Crippen LogP contribution in [0.5, 0.6) is 0 Å². The molecule has 1 aromatic carbocycles. The second kappa shape index (κ2) is 6.61. The lowest BCUT2D eigenvalue weighted by atomic mass is 9.96. The van der Waals surface area contributed by atoms with Crippen molar-refractivity contribution in [1.82, 2.24) is 4.90 Å². The average Bonchev–Trinajstić information content (AvgIpc) is 2.47. The summed E-state index contributed by atoms with van der Waals surface area (Å²) >= 11 is 0. The molecule has 0 N–H and O–H groups in total. The third-order valence-electron chi connectivity index (χ3n) is 3.64. The predicted molar refractivity (Wildman–Crippen MR) is 71.7 cm³/mol. The second-order valence-corrected chi connectivity index (χ2v) is 4.93. The lowest BCUT2D eigenvalue weighted by Crippen LogP contribution is -2.45. The number of hydrogen-bond donors (Lipinski definition) is 0. The minimum atomic E-state index is -0.700. The molecule has 0 radical (unpaired) electrons. The molecular formula is C15H18FNO3. The first kappa shape index (κ1) is 14.7. The Morgan fingerprint density at radius 3 is 2.90 bits per heavy atom. The number of nitrogens with zero attached hydrogens (tertiary/aromatic N) is 1. The zero-order valence-corrected chi connectivity index (χ0v) is 11.5. The normalized spacial score (nSPS) is 19.9. The zero-order chi connectivity index (χ0) is 14.5. The van der Waals surface area contributed by atoms with Crippen molar-refractivity contribution in [3.8, 4) is 0 Å². The van der Waals surface area contributed by atoms with Gasteiger partial charge in [0, 0.05) is 26.1 Å². The van der Waals surface area contributed by atoms with E-state index in [-0.39, 0.29) is 11.6 Å². The van der Waals surface area contributed by atoms with Gasteiger partial charge in [0.05, 0.1) is 7.11 Å². The van der Waals surface area contributed by atoms with Gasteiger partial charge in [0.2, 0.25) is 0 Å². The molecular weight excluding hydrogens is 261 g/mol. The second-order valence-electron chi connectivity index (χ2n) is 4.93. The summed E-state index contributed by atoms with van der Waals surface area (Å²) in [5.74, 6) is -1.47. The first-order valence-electron chi connectivity index (χ1n) is 6.68. The lowest BCUT2D eigenvalue weighted by Gasteiger charge is -2.30. The summed E-state index contributed by atoms with van der Waals surface area (Å²) in [5.41, 5.74) is 0.652. The van der Waals surface area contributed by atoms with E-state index in [2.05, 4.69) is 4.74 Å². The summed E-state index contributed by atoms with van der Waals surface area (Å²) in [4.78, 5) is 25.2. The number of ether oxygens (including phenoxy) is 1. The van der Waals surface area contributed by atoms with Gasteiger partial charge >= 0.3 is 5.97 Å². The number of likely N-dealkylation sites (tertiary alicyclic amines) is 1. The van der Waals surface area contributed by atoms with E-state index in [4.69, 9.17) is 0 Å². The van der Waals surface area contributed by atoms with E-state index in [0.717, 1.165) is 0 Å². The number of esters is 1. The van der Waals surface area contributed by atoms with Crippen molar-refractivity contribution in [2.75, 3.05) is 26.7 Å². The van der Waals surface area contributed by atoms with Crippen molar-refractivity contribution >= 4 is 11.8 Å². The fourth-order valence-corrected chi connectivity index (χ4v) is 2.42. The molecule has 1 heterocycles. The summed E-state index contributed by atoms with van der Waals surface area (Å²) in [6.07, 6.45) is 0.909. The molecule has 1 aliphatic rings. The smallest absolute Gasteiger partial charge is 0.317 e. The van der Waals surface area contributed by atoms with Crippen LogP contribution in [-0.4, -0.2) is 43.4 Å². The third kappa shape index (κ3) is 3.42. The van der Waals surface area contributed by atoms with Gasteiger partial charge in [-0.25, -0.2) is 4.39 Å². The monoisotopic (exact) mass is 279 g/mol. The summed E-state index contributed by atoms with van der Waals surface area (Å²) in [6, 6.07) is 6.65. The van der Waals surface area contributed by atoms with Gasteiger partial charge in [-0.1, -0.05) is 18.2 Å². The summed E-state index contributed by atoms with van der Waals surface area (Å²) in [6.45, 7) is 1.60. The number of carbonyl (C=O) groups is 2. The molecule has 0 aliphatic carbocycles. The Bertz CT molecular complexity index is 496. The summed E-state index contributed by atoms with van der Waals surface area (Å²) in [7, 11) is 1.29. The molecule has 1 aromatic rings. The molecule has 1 fully saturated rings. The van der Waals surface area contributed by atoms with Crippen molar-refractivity contribution in [2.45, 2.75) is 12.8 Å². The molecule has 0 bridgehead atoms. The predicted octanol–water partition coefficient (Wildman–Crippen LogP) is 1.43. The molecule has 1 saturated heterocycles. The van der Waals surface area contributed by atoms with Crippen LogP contribution in [0.3, 0.4) is 0 Å². The largest absolute Gasteiger partial charge is 0.468 e. The summed E-state index contributed by atoms with van der Waals surface area (Å²) in [5, 5.41) is 0. The Balaban J connectivity index is 1.92. The molecule has 108 valence electrons. The molecule has 0 saturated carbocycles. The number of benzene rings is 1. The highest BCUT2D eigenvalue weighted by molar-refractivity contribution is 5.99. The van der Waals surface area contributed by atoms with Crippen LogP contribution in [-0.2, 0) is 20.7 Å². The molecule has 2 rings (SSSR count). The van der Waals surface area contributed by atoms with Gasteiger partial charge in [0.15, 0.2) is 0 Å². The highest BCUT2D eigenvalue weighted by atomic mass is 19.1. The van der Waals surface area contributed by atoms with Crippen LogP contribution in [0.25, 0.3) is 0 Å². The van der Waals surface area contributed by atoms with Gasteiger partial charge in [0.1, 0.15) is 17.5 Å². The van der Waals surface area contributed by atoms with Crippen LogP contribution in [0.2, 0.25) is 0 Å². The van der Waals surface area contributed by atoms with Crippen LogP contribution >= 0.6 is 0 Å². The van der Waals surface area contributed by atoms with Gasteiger partial charge in [-0.3, -0.25) is 9.59 Å². The van der Waals surface area contributed by atoms with E-state index in [1.165, 1.54) is 13.2 Å². The number of hydrogen-bond acceptors (Lipinski definition) is 4. The fraction of sp³-hybridized carbons (Fsp3) is 0.467. The number of rotatable bonds is 4. The van der Waals surface area contributed by atoms with Gasteiger partial charge < -0.3 is 9.64 Å². The average molecular weight is 279 g/mol. The first-order valence-corrected chi connectivity index (χ1v) is 6.68. The van der Waals surface area contributed by atoms with Crippen LogP contribution in [0.1, 0.15) is 12.0 Å². The SMILES string of the molecule is COC(=O)C1CN(CCc2ccccc2F)CCC1=O. The number of carbonyl (C=O) groups excluding carboxylic acids is 2. The highest BCUT2D eigenvalue weighted by Crippen LogP contribution is 2.16. The van der Waals surface area contributed by atoms with Crippen molar-refractivity contribution < 1.29 is 18.7 Å². The minimum absolute atomic E-state index is 0.0704. The first-order chi connectivity index (χ1) is 9.61.